The Morgan fingerprint density at radius 2 is 1.81 bits per heavy atom. The number of nitrogens with zero attached hydrogens (tertiary/aromatic N) is 4. The van der Waals surface area contributed by atoms with E-state index < -0.39 is 10.1 Å². The van der Waals surface area contributed by atoms with E-state index in [9.17, 15) is 8.42 Å². The third-order valence-corrected chi connectivity index (χ3v) is 7.43. The summed E-state index contributed by atoms with van der Waals surface area (Å²) in [6.07, 6.45) is 7.85. The third kappa shape index (κ3) is 3.89. The fraction of sp³-hybridized carbons (Fsp3) is 0.273. The van der Waals surface area contributed by atoms with Crippen molar-refractivity contribution in [3.8, 4) is 0 Å². The molecule has 0 unspecified atom stereocenters. The molecule has 0 fully saturated rings. The van der Waals surface area contributed by atoms with Gasteiger partial charge in [-0.15, -0.1) is 0 Å². The zero-order valence-electron chi connectivity index (χ0n) is 17.4. The molecule has 2 N–H and O–H groups in total. The van der Waals surface area contributed by atoms with Crippen molar-refractivity contribution >= 4 is 55.3 Å². The highest BCUT2D eigenvalue weighted by atomic mass is 32.2. The number of hydrogen-bond donors (Lipinski definition) is 2. The second kappa shape index (κ2) is 8.27. The first-order chi connectivity index (χ1) is 15.4. The minimum absolute atomic E-state index is 0.264. The smallest absolute Gasteiger partial charge is 0.264 e. The second-order valence-electron chi connectivity index (χ2n) is 7.68. The van der Waals surface area contributed by atoms with E-state index in [1.54, 1.807) is 24.2 Å². The molecule has 0 atom stereocenters. The zero-order valence-corrected chi connectivity index (χ0v) is 19.0. The predicted molar refractivity (Wildman–Crippen MR) is 125 cm³/mol. The van der Waals surface area contributed by atoms with Crippen molar-refractivity contribution in [2.24, 2.45) is 0 Å². The Balaban J connectivity index is 1.64. The number of anilines is 2. The van der Waals surface area contributed by atoms with E-state index in [-0.39, 0.29) is 5.75 Å². The van der Waals surface area contributed by atoms with Gasteiger partial charge in [-0.05, 0) is 30.9 Å². The topological polar surface area (TPSA) is 118 Å². The predicted octanol–water partition coefficient (Wildman–Crippen LogP) is 4.55. The molecule has 4 aromatic rings. The van der Waals surface area contributed by atoms with E-state index in [4.69, 9.17) is 14.5 Å². The number of benzene rings is 2. The standard InChI is InChI=1S/C22H21N5O3S2/c1-2-5-14-12-25-19-18(26-14)16-17(24-10-9-23-16)20-22(19)31-21-13(6-3-8-15(21)27-20)7-4-11-32(28,29)30/h3,6,8-10,12,27H,2,4-5,7,11H2,1H3,(H,28,29,30). The van der Waals surface area contributed by atoms with Gasteiger partial charge in [-0.25, -0.2) is 4.98 Å². The summed E-state index contributed by atoms with van der Waals surface area (Å²) in [4.78, 5) is 20.7. The maximum Gasteiger partial charge on any atom is 0.264 e. The molecule has 0 bridgehead atoms. The van der Waals surface area contributed by atoms with E-state index in [1.165, 1.54) is 0 Å². The molecule has 1 aliphatic heterocycles. The summed E-state index contributed by atoms with van der Waals surface area (Å²) >= 11 is 1.59. The molecule has 2 aromatic carbocycles. The number of fused-ring (bicyclic) bond motifs is 7. The lowest BCUT2D eigenvalue weighted by Gasteiger charge is -2.25. The van der Waals surface area contributed by atoms with Crippen LogP contribution in [0, 0.1) is 0 Å². The monoisotopic (exact) mass is 467 g/mol. The minimum atomic E-state index is -3.98. The van der Waals surface area contributed by atoms with E-state index in [0.717, 1.165) is 61.8 Å². The van der Waals surface area contributed by atoms with Crippen molar-refractivity contribution in [1.82, 2.24) is 19.9 Å². The summed E-state index contributed by atoms with van der Waals surface area (Å²) in [6, 6.07) is 5.91. The first-order valence-corrected chi connectivity index (χ1v) is 12.8. The van der Waals surface area contributed by atoms with Crippen LogP contribution in [0.15, 0.2) is 46.6 Å². The molecule has 8 nitrogen and oxygen atoms in total. The molecule has 0 radical (unpaired) electrons. The third-order valence-electron chi connectivity index (χ3n) is 5.34. The van der Waals surface area contributed by atoms with Crippen molar-refractivity contribution in [3.05, 3.63) is 48.0 Å². The molecule has 0 aliphatic carbocycles. The van der Waals surface area contributed by atoms with Crippen LogP contribution < -0.4 is 5.32 Å². The number of aryl methyl sites for hydroxylation is 2. The molecule has 0 saturated heterocycles. The summed E-state index contributed by atoms with van der Waals surface area (Å²) in [6.45, 7) is 2.11. The van der Waals surface area contributed by atoms with Crippen LogP contribution in [-0.2, 0) is 23.0 Å². The fourth-order valence-corrected chi connectivity index (χ4v) is 5.69. The summed E-state index contributed by atoms with van der Waals surface area (Å²) in [7, 11) is -3.98. The summed E-state index contributed by atoms with van der Waals surface area (Å²) in [5.74, 6) is -0.264. The largest absolute Gasteiger partial charge is 0.352 e. The Labute approximate surface area is 189 Å². The molecule has 0 saturated carbocycles. The lowest BCUT2D eigenvalue weighted by molar-refractivity contribution is 0.481. The van der Waals surface area contributed by atoms with Crippen molar-refractivity contribution in [2.45, 2.75) is 42.4 Å². The first kappa shape index (κ1) is 21.0. The van der Waals surface area contributed by atoms with Crippen LogP contribution >= 0.6 is 11.8 Å². The first-order valence-electron chi connectivity index (χ1n) is 10.4. The van der Waals surface area contributed by atoms with E-state index >= 15 is 0 Å². The van der Waals surface area contributed by atoms with Gasteiger partial charge in [-0.2, -0.15) is 8.42 Å². The lowest BCUT2D eigenvalue weighted by atomic mass is 10.1. The molecule has 5 rings (SSSR count). The van der Waals surface area contributed by atoms with E-state index in [0.29, 0.717) is 18.4 Å². The molecule has 164 valence electrons. The van der Waals surface area contributed by atoms with Crippen LogP contribution in [0.25, 0.3) is 22.1 Å². The van der Waals surface area contributed by atoms with Gasteiger partial charge in [0.2, 0.25) is 0 Å². The van der Waals surface area contributed by atoms with E-state index in [2.05, 4.69) is 22.2 Å². The SMILES string of the molecule is CCCc1cnc2c3c(c4nccnc4c2n1)Nc1cccc(CCCS(=O)(=O)O)c1S3. The maximum atomic E-state index is 11.1. The zero-order chi connectivity index (χ0) is 22.3. The van der Waals surface area contributed by atoms with Gasteiger partial charge in [0.25, 0.3) is 10.1 Å². The average molecular weight is 468 g/mol. The Kier molecular flexibility index (Phi) is 5.44. The Bertz CT molecular complexity index is 1460. The van der Waals surface area contributed by atoms with Crippen LogP contribution in [0.1, 0.15) is 31.0 Å². The van der Waals surface area contributed by atoms with E-state index in [1.807, 2.05) is 24.4 Å². The molecular weight excluding hydrogens is 446 g/mol. The van der Waals surface area contributed by atoms with Crippen LogP contribution in [0.5, 0.6) is 0 Å². The Morgan fingerprint density at radius 3 is 2.59 bits per heavy atom. The van der Waals surface area contributed by atoms with Crippen LogP contribution in [-0.4, -0.2) is 38.7 Å². The molecule has 0 amide bonds. The van der Waals surface area contributed by atoms with Crippen LogP contribution in [0.2, 0.25) is 0 Å². The molecule has 1 aliphatic rings. The fourth-order valence-electron chi connectivity index (χ4n) is 3.95. The average Bonchev–Trinajstić information content (AvgIpc) is 2.78. The highest BCUT2D eigenvalue weighted by Gasteiger charge is 2.26. The Hall–Kier alpha value is -2.82. The van der Waals surface area contributed by atoms with Gasteiger partial charge in [-0.1, -0.05) is 37.2 Å². The maximum absolute atomic E-state index is 11.1. The van der Waals surface area contributed by atoms with Gasteiger partial charge in [0.15, 0.2) is 0 Å². The molecule has 32 heavy (non-hydrogen) atoms. The molecule has 2 aromatic heterocycles. The molecule has 3 heterocycles. The molecule has 10 heteroatoms. The number of aromatic nitrogens is 4. The second-order valence-corrected chi connectivity index (χ2v) is 10.3. The normalized spacial score (nSPS) is 13.1. The van der Waals surface area contributed by atoms with Gasteiger partial charge >= 0.3 is 0 Å². The summed E-state index contributed by atoms with van der Waals surface area (Å²) in [5, 5.41) is 3.50. The number of hydrogen-bond acceptors (Lipinski definition) is 8. The highest BCUT2D eigenvalue weighted by molar-refractivity contribution is 8.00. The minimum Gasteiger partial charge on any atom is -0.352 e. The lowest BCUT2D eigenvalue weighted by Crippen LogP contribution is -2.08. The number of nitrogens with one attached hydrogen (secondary N) is 1. The van der Waals surface area contributed by atoms with Gasteiger partial charge in [-0.3, -0.25) is 19.5 Å². The molecule has 0 spiro atoms. The van der Waals surface area contributed by atoms with Crippen molar-refractivity contribution < 1.29 is 13.0 Å². The van der Waals surface area contributed by atoms with Crippen LogP contribution in [0.4, 0.5) is 11.4 Å². The molecular formula is C22H21N5O3S2. The van der Waals surface area contributed by atoms with Crippen molar-refractivity contribution in [1.29, 1.82) is 0 Å². The summed E-state index contributed by atoms with van der Waals surface area (Å²) in [5.41, 5.74) is 6.67. The Morgan fingerprint density at radius 1 is 1.00 bits per heavy atom. The highest BCUT2D eigenvalue weighted by Crippen LogP contribution is 2.50. The van der Waals surface area contributed by atoms with Crippen molar-refractivity contribution in [2.75, 3.05) is 11.1 Å². The quantitative estimate of drug-likeness (QED) is 0.274. The van der Waals surface area contributed by atoms with Gasteiger partial charge in [0.05, 0.1) is 27.7 Å². The number of rotatable bonds is 6. The van der Waals surface area contributed by atoms with Gasteiger partial charge < -0.3 is 5.32 Å². The van der Waals surface area contributed by atoms with Crippen LogP contribution in [0.3, 0.4) is 0 Å². The van der Waals surface area contributed by atoms with Gasteiger partial charge in [0, 0.05) is 23.5 Å². The summed E-state index contributed by atoms with van der Waals surface area (Å²) < 4.78 is 31.3. The van der Waals surface area contributed by atoms with Crippen molar-refractivity contribution in [3.63, 3.8) is 0 Å². The van der Waals surface area contributed by atoms with Gasteiger partial charge in [0.1, 0.15) is 22.1 Å².